The fraction of sp³-hybridized carbons (Fsp3) is 0.533. The third-order valence-corrected chi connectivity index (χ3v) is 4.01. The molecule has 1 aromatic carbocycles. The van der Waals surface area contributed by atoms with Crippen LogP contribution >= 0.6 is 0 Å². The van der Waals surface area contributed by atoms with E-state index in [4.69, 9.17) is 5.26 Å². The molecule has 3 unspecified atom stereocenters. The van der Waals surface area contributed by atoms with Gasteiger partial charge in [0, 0.05) is 5.92 Å². The van der Waals surface area contributed by atoms with Crippen molar-refractivity contribution in [1.29, 1.82) is 5.26 Å². The molecule has 0 aliphatic heterocycles. The van der Waals surface area contributed by atoms with Gasteiger partial charge in [0.25, 0.3) is 0 Å². The van der Waals surface area contributed by atoms with Crippen LogP contribution in [0, 0.1) is 16.7 Å². The largest absolute Gasteiger partial charge is 0.198 e. The summed E-state index contributed by atoms with van der Waals surface area (Å²) in [6.07, 6.45) is 2.20. The molecule has 16 heavy (non-hydrogen) atoms. The average molecular weight is 213 g/mol. The van der Waals surface area contributed by atoms with Crippen LogP contribution in [0.2, 0.25) is 0 Å². The third kappa shape index (κ3) is 1.85. The zero-order chi connectivity index (χ0) is 11.8. The Labute approximate surface area is 98.1 Å². The lowest BCUT2D eigenvalue weighted by Crippen LogP contribution is -1.94. The van der Waals surface area contributed by atoms with Crippen molar-refractivity contribution in [2.45, 2.75) is 45.4 Å². The highest BCUT2D eigenvalue weighted by Crippen LogP contribution is 2.58. The Morgan fingerprint density at radius 3 is 2.50 bits per heavy atom. The van der Waals surface area contributed by atoms with Crippen LogP contribution in [-0.2, 0) is 0 Å². The Morgan fingerprint density at radius 1 is 1.44 bits per heavy atom. The second-order valence-corrected chi connectivity index (χ2v) is 5.26. The smallest absolute Gasteiger partial charge is 0.0693 e. The lowest BCUT2D eigenvalue weighted by molar-refractivity contribution is 0.721. The zero-order valence-corrected chi connectivity index (χ0v) is 10.3. The van der Waals surface area contributed by atoms with Gasteiger partial charge in [-0.25, -0.2) is 0 Å². The number of hydrogen-bond donors (Lipinski definition) is 0. The molecule has 1 aliphatic rings. The van der Waals surface area contributed by atoms with Gasteiger partial charge in [-0.15, -0.1) is 0 Å². The van der Waals surface area contributed by atoms with Crippen molar-refractivity contribution in [1.82, 2.24) is 0 Å². The molecule has 0 bridgehead atoms. The monoisotopic (exact) mass is 213 g/mol. The van der Waals surface area contributed by atoms with E-state index in [0.717, 1.165) is 6.42 Å². The second kappa shape index (κ2) is 3.94. The van der Waals surface area contributed by atoms with E-state index >= 15 is 0 Å². The summed E-state index contributed by atoms with van der Waals surface area (Å²) in [5, 5.41) is 9.03. The number of nitrogens with zero attached hydrogens (tertiary/aromatic N) is 1. The van der Waals surface area contributed by atoms with Gasteiger partial charge in [-0.05, 0) is 36.8 Å². The second-order valence-electron chi connectivity index (χ2n) is 5.26. The van der Waals surface area contributed by atoms with Crippen molar-refractivity contribution in [3.8, 4) is 6.07 Å². The van der Waals surface area contributed by atoms with Crippen LogP contribution in [0.1, 0.15) is 56.6 Å². The highest BCUT2D eigenvalue weighted by atomic mass is 14.5. The molecule has 1 nitrogen and oxygen atoms in total. The third-order valence-electron chi connectivity index (χ3n) is 4.01. The molecule has 3 atom stereocenters. The van der Waals surface area contributed by atoms with E-state index in [2.05, 4.69) is 51.1 Å². The van der Waals surface area contributed by atoms with Gasteiger partial charge >= 0.3 is 0 Å². The first kappa shape index (κ1) is 11.2. The summed E-state index contributed by atoms with van der Waals surface area (Å²) in [7, 11) is 0. The Balaban J connectivity index is 2.13. The SMILES string of the molecule is CCC(C)c1ccc(C2CC2(C)C#N)cc1. The lowest BCUT2D eigenvalue weighted by atomic mass is 9.95. The molecule has 0 aromatic heterocycles. The molecule has 0 heterocycles. The van der Waals surface area contributed by atoms with Crippen LogP contribution in [0.25, 0.3) is 0 Å². The first-order valence-electron chi connectivity index (χ1n) is 6.12. The van der Waals surface area contributed by atoms with Crippen molar-refractivity contribution in [2.24, 2.45) is 5.41 Å². The van der Waals surface area contributed by atoms with E-state index in [1.54, 1.807) is 0 Å². The number of benzene rings is 1. The number of hydrogen-bond acceptors (Lipinski definition) is 1. The predicted molar refractivity (Wildman–Crippen MR) is 66.2 cm³/mol. The minimum absolute atomic E-state index is 0.0993. The van der Waals surface area contributed by atoms with Gasteiger partial charge in [-0.2, -0.15) is 5.26 Å². The van der Waals surface area contributed by atoms with E-state index in [9.17, 15) is 0 Å². The summed E-state index contributed by atoms with van der Waals surface area (Å²) in [5.74, 6) is 1.10. The molecule has 1 aromatic rings. The van der Waals surface area contributed by atoms with Gasteiger partial charge in [-0.3, -0.25) is 0 Å². The molecule has 0 radical (unpaired) electrons. The highest BCUT2D eigenvalue weighted by molar-refractivity contribution is 5.36. The van der Waals surface area contributed by atoms with Crippen molar-refractivity contribution in [3.05, 3.63) is 35.4 Å². The van der Waals surface area contributed by atoms with E-state index in [0.29, 0.717) is 11.8 Å². The van der Waals surface area contributed by atoms with E-state index in [-0.39, 0.29) is 5.41 Å². The van der Waals surface area contributed by atoms with Crippen LogP contribution in [0.3, 0.4) is 0 Å². The molecule has 2 rings (SSSR count). The summed E-state index contributed by atoms with van der Waals surface area (Å²) in [6, 6.07) is 11.3. The van der Waals surface area contributed by atoms with E-state index < -0.39 is 0 Å². The fourth-order valence-electron chi connectivity index (χ4n) is 2.27. The van der Waals surface area contributed by atoms with E-state index in [1.165, 1.54) is 17.5 Å². The quantitative estimate of drug-likeness (QED) is 0.737. The molecular weight excluding hydrogens is 194 g/mol. The van der Waals surface area contributed by atoms with Gasteiger partial charge in [0.05, 0.1) is 11.5 Å². The van der Waals surface area contributed by atoms with Crippen LogP contribution in [-0.4, -0.2) is 0 Å². The molecule has 0 saturated heterocycles. The summed E-state index contributed by atoms with van der Waals surface area (Å²) >= 11 is 0. The van der Waals surface area contributed by atoms with Gasteiger partial charge in [-0.1, -0.05) is 38.1 Å². The average Bonchev–Trinajstić information content (AvgIpc) is 3.02. The van der Waals surface area contributed by atoms with Crippen LogP contribution < -0.4 is 0 Å². The molecule has 0 spiro atoms. The van der Waals surface area contributed by atoms with Crippen LogP contribution in [0.4, 0.5) is 0 Å². The van der Waals surface area contributed by atoms with Crippen molar-refractivity contribution in [2.75, 3.05) is 0 Å². The Kier molecular flexibility index (Phi) is 2.76. The van der Waals surface area contributed by atoms with Gasteiger partial charge in [0.15, 0.2) is 0 Å². The van der Waals surface area contributed by atoms with E-state index in [1.807, 2.05) is 0 Å². The fourth-order valence-corrected chi connectivity index (χ4v) is 2.27. The summed E-state index contributed by atoms with van der Waals surface area (Å²) < 4.78 is 0. The van der Waals surface area contributed by atoms with Gasteiger partial charge in [0.1, 0.15) is 0 Å². The molecule has 1 heteroatoms. The standard InChI is InChI=1S/C15H19N/c1-4-11(2)12-5-7-13(8-6-12)14-9-15(14,3)10-16/h5-8,11,14H,4,9H2,1-3H3. The molecule has 1 saturated carbocycles. The normalized spacial score (nSPS) is 29.5. The molecule has 1 aliphatic carbocycles. The number of rotatable bonds is 3. The molecular formula is C15H19N. The molecule has 0 N–H and O–H groups in total. The summed E-state index contributed by atoms with van der Waals surface area (Å²) in [6.45, 7) is 6.53. The van der Waals surface area contributed by atoms with Crippen molar-refractivity contribution in [3.63, 3.8) is 0 Å². The minimum Gasteiger partial charge on any atom is -0.198 e. The Hall–Kier alpha value is -1.29. The first-order chi connectivity index (χ1) is 7.60. The Morgan fingerprint density at radius 2 is 2.06 bits per heavy atom. The topological polar surface area (TPSA) is 23.8 Å². The summed E-state index contributed by atoms with van der Waals surface area (Å²) in [4.78, 5) is 0. The van der Waals surface area contributed by atoms with Crippen LogP contribution in [0.15, 0.2) is 24.3 Å². The Bertz CT molecular complexity index is 412. The highest BCUT2D eigenvalue weighted by Gasteiger charge is 2.51. The maximum atomic E-state index is 9.03. The lowest BCUT2D eigenvalue weighted by Gasteiger charge is -2.10. The molecule has 1 fully saturated rings. The van der Waals surface area contributed by atoms with Crippen molar-refractivity contribution >= 4 is 0 Å². The van der Waals surface area contributed by atoms with Crippen molar-refractivity contribution < 1.29 is 0 Å². The van der Waals surface area contributed by atoms with Crippen LogP contribution in [0.5, 0.6) is 0 Å². The maximum absolute atomic E-state index is 9.03. The first-order valence-corrected chi connectivity index (χ1v) is 6.12. The molecule has 84 valence electrons. The zero-order valence-electron chi connectivity index (χ0n) is 10.3. The predicted octanol–water partition coefficient (Wildman–Crippen LogP) is 4.22. The molecule has 0 amide bonds. The van der Waals surface area contributed by atoms with Gasteiger partial charge < -0.3 is 0 Å². The number of nitriles is 1. The maximum Gasteiger partial charge on any atom is 0.0693 e. The summed E-state index contributed by atoms with van der Waals surface area (Å²) in [5.41, 5.74) is 2.64. The minimum atomic E-state index is -0.0993. The van der Waals surface area contributed by atoms with Gasteiger partial charge in [0.2, 0.25) is 0 Å².